The number of carbonyl (C=O) groups is 1. The summed E-state index contributed by atoms with van der Waals surface area (Å²) in [6.07, 6.45) is 2.16. The van der Waals surface area contributed by atoms with Crippen LogP contribution in [0.5, 0.6) is 11.5 Å². The van der Waals surface area contributed by atoms with Crippen molar-refractivity contribution < 1.29 is 14.6 Å². The number of ether oxygens (including phenoxy) is 1. The lowest BCUT2D eigenvalue weighted by molar-refractivity contribution is 0.230. The molecule has 5 heteroatoms. The highest BCUT2D eigenvalue weighted by atomic mass is 16.5. The molecule has 2 aromatic rings. The molecule has 23 heavy (non-hydrogen) atoms. The van der Waals surface area contributed by atoms with E-state index in [1.807, 2.05) is 24.3 Å². The van der Waals surface area contributed by atoms with Gasteiger partial charge in [0.1, 0.15) is 11.5 Å². The minimum atomic E-state index is -0.279. The Labute approximate surface area is 136 Å². The van der Waals surface area contributed by atoms with Crippen LogP contribution in [-0.2, 0) is 6.42 Å². The Morgan fingerprint density at radius 2 is 1.78 bits per heavy atom. The van der Waals surface area contributed by atoms with Crippen molar-refractivity contribution in [3.8, 4) is 11.5 Å². The number of rotatable bonds is 6. The van der Waals surface area contributed by atoms with Gasteiger partial charge in [0.25, 0.3) is 0 Å². The number of nitrogens with one attached hydrogen (secondary N) is 1. The molecule has 0 aromatic heterocycles. The predicted octanol–water partition coefficient (Wildman–Crippen LogP) is 3.53. The average molecular weight is 314 g/mol. The van der Waals surface area contributed by atoms with Crippen LogP contribution >= 0.6 is 0 Å². The molecule has 0 aliphatic carbocycles. The Hall–Kier alpha value is -2.69. The van der Waals surface area contributed by atoms with E-state index in [4.69, 9.17) is 4.74 Å². The molecule has 2 aromatic carbocycles. The van der Waals surface area contributed by atoms with Crippen LogP contribution in [0.4, 0.5) is 10.5 Å². The molecule has 122 valence electrons. The predicted molar refractivity (Wildman–Crippen MR) is 91.0 cm³/mol. The van der Waals surface area contributed by atoms with Gasteiger partial charge in [-0.15, -0.1) is 0 Å². The first kappa shape index (κ1) is 16.7. The molecule has 0 fully saturated rings. The molecule has 0 heterocycles. The second kappa shape index (κ2) is 8.08. The van der Waals surface area contributed by atoms with E-state index in [1.54, 1.807) is 19.2 Å². The van der Waals surface area contributed by atoms with E-state index in [9.17, 15) is 9.90 Å². The van der Waals surface area contributed by atoms with E-state index in [1.165, 1.54) is 22.6 Å². The smallest absolute Gasteiger partial charge is 0.324 e. The molecule has 2 N–H and O–H groups in total. The topological polar surface area (TPSA) is 61.8 Å². The van der Waals surface area contributed by atoms with Gasteiger partial charge in [0.05, 0.1) is 0 Å². The molecule has 0 saturated heterocycles. The Morgan fingerprint density at radius 1 is 1.13 bits per heavy atom. The van der Waals surface area contributed by atoms with Crippen LogP contribution in [0.2, 0.25) is 0 Å². The monoisotopic (exact) mass is 314 g/mol. The molecule has 0 aliphatic rings. The Bertz CT molecular complexity index is 624. The van der Waals surface area contributed by atoms with Gasteiger partial charge in [-0.1, -0.05) is 25.5 Å². The SMILES string of the molecule is CCCc1ccc(OCNC(=O)N(C)c2ccc(O)cc2)cc1. The summed E-state index contributed by atoms with van der Waals surface area (Å²) in [5, 5.41) is 11.9. The van der Waals surface area contributed by atoms with Crippen molar-refractivity contribution >= 4 is 11.7 Å². The van der Waals surface area contributed by atoms with E-state index < -0.39 is 0 Å². The minimum Gasteiger partial charge on any atom is -0.508 e. The average Bonchev–Trinajstić information content (AvgIpc) is 2.56. The lowest BCUT2D eigenvalue weighted by Gasteiger charge is -2.18. The minimum absolute atomic E-state index is 0.0916. The van der Waals surface area contributed by atoms with Crippen LogP contribution in [0.3, 0.4) is 0 Å². The van der Waals surface area contributed by atoms with Crippen molar-refractivity contribution in [2.24, 2.45) is 0 Å². The number of hydrogen-bond donors (Lipinski definition) is 2. The highest BCUT2D eigenvalue weighted by Crippen LogP contribution is 2.17. The van der Waals surface area contributed by atoms with Crippen LogP contribution in [0.25, 0.3) is 0 Å². The van der Waals surface area contributed by atoms with Crippen molar-refractivity contribution in [2.75, 3.05) is 18.7 Å². The molecule has 0 spiro atoms. The number of urea groups is 1. The van der Waals surface area contributed by atoms with Gasteiger partial charge < -0.3 is 15.2 Å². The number of anilines is 1. The second-order valence-electron chi connectivity index (χ2n) is 5.24. The first-order chi connectivity index (χ1) is 11.1. The maximum atomic E-state index is 12.0. The standard InChI is InChI=1S/C18H22N2O3/c1-3-4-14-5-11-17(12-6-14)23-13-19-18(22)20(2)15-7-9-16(21)10-8-15/h5-12,21H,3-4,13H2,1-2H3,(H,19,22). The van der Waals surface area contributed by atoms with Crippen LogP contribution < -0.4 is 15.0 Å². The highest BCUT2D eigenvalue weighted by Gasteiger charge is 2.10. The zero-order valence-corrected chi connectivity index (χ0v) is 13.5. The van der Waals surface area contributed by atoms with Gasteiger partial charge in [0.2, 0.25) is 0 Å². The molecule has 0 aliphatic heterocycles. The van der Waals surface area contributed by atoms with Crippen molar-refractivity contribution in [2.45, 2.75) is 19.8 Å². The summed E-state index contributed by atoms with van der Waals surface area (Å²) in [5.74, 6) is 0.884. The molecule has 0 atom stereocenters. The molecule has 2 rings (SSSR count). The number of aryl methyl sites for hydroxylation is 1. The number of carbonyl (C=O) groups excluding carboxylic acids is 1. The third kappa shape index (κ3) is 4.92. The summed E-state index contributed by atoms with van der Waals surface area (Å²) < 4.78 is 5.52. The number of hydrogen-bond acceptors (Lipinski definition) is 3. The summed E-state index contributed by atoms with van der Waals surface area (Å²) in [6, 6.07) is 14.0. The Balaban J connectivity index is 1.80. The lowest BCUT2D eigenvalue weighted by Crippen LogP contribution is -2.39. The van der Waals surface area contributed by atoms with E-state index in [-0.39, 0.29) is 18.5 Å². The first-order valence-corrected chi connectivity index (χ1v) is 7.62. The van der Waals surface area contributed by atoms with E-state index in [2.05, 4.69) is 12.2 Å². The third-order valence-corrected chi connectivity index (χ3v) is 3.47. The third-order valence-electron chi connectivity index (χ3n) is 3.47. The summed E-state index contributed by atoms with van der Waals surface area (Å²) in [5.41, 5.74) is 1.96. The van der Waals surface area contributed by atoms with Crippen molar-refractivity contribution in [1.29, 1.82) is 0 Å². The van der Waals surface area contributed by atoms with E-state index in [0.29, 0.717) is 5.69 Å². The molecule has 0 bridgehead atoms. The second-order valence-corrected chi connectivity index (χ2v) is 5.24. The van der Waals surface area contributed by atoms with Crippen molar-refractivity contribution in [3.05, 3.63) is 54.1 Å². The maximum Gasteiger partial charge on any atom is 0.324 e. The number of amides is 2. The number of aromatic hydroxyl groups is 1. The zero-order valence-electron chi connectivity index (χ0n) is 13.5. The van der Waals surface area contributed by atoms with Gasteiger partial charge in [-0.3, -0.25) is 4.90 Å². The number of phenols is 1. The fourth-order valence-electron chi connectivity index (χ4n) is 2.13. The Morgan fingerprint density at radius 3 is 2.39 bits per heavy atom. The zero-order chi connectivity index (χ0) is 16.7. The number of phenolic OH excluding ortho intramolecular Hbond substituents is 1. The van der Waals surface area contributed by atoms with Crippen LogP contribution in [-0.4, -0.2) is 24.9 Å². The van der Waals surface area contributed by atoms with Gasteiger partial charge in [-0.25, -0.2) is 4.79 Å². The van der Waals surface area contributed by atoms with Gasteiger partial charge in [-0.05, 0) is 48.4 Å². The molecule has 2 amide bonds. The van der Waals surface area contributed by atoms with Gasteiger partial charge in [0, 0.05) is 12.7 Å². The number of benzene rings is 2. The quantitative estimate of drug-likeness (QED) is 0.802. The fourth-order valence-corrected chi connectivity index (χ4v) is 2.13. The fraction of sp³-hybridized carbons (Fsp3) is 0.278. The molecule has 0 radical (unpaired) electrons. The van der Waals surface area contributed by atoms with E-state index >= 15 is 0 Å². The van der Waals surface area contributed by atoms with Crippen LogP contribution in [0.15, 0.2) is 48.5 Å². The molecular formula is C18H22N2O3. The molecule has 5 nitrogen and oxygen atoms in total. The summed E-state index contributed by atoms with van der Waals surface area (Å²) in [7, 11) is 1.65. The summed E-state index contributed by atoms with van der Waals surface area (Å²) in [6.45, 7) is 2.24. The van der Waals surface area contributed by atoms with Crippen molar-refractivity contribution in [3.63, 3.8) is 0 Å². The van der Waals surface area contributed by atoms with Gasteiger partial charge >= 0.3 is 6.03 Å². The van der Waals surface area contributed by atoms with E-state index in [0.717, 1.165) is 18.6 Å². The Kier molecular flexibility index (Phi) is 5.86. The van der Waals surface area contributed by atoms with Gasteiger partial charge in [-0.2, -0.15) is 0 Å². The van der Waals surface area contributed by atoms with Crippen LogP contribution in [0.1, 0.15) is 18.9 Å². The van der Waals surface area contributed by atoms with Crippen molar-refractivity contribution in [1.82, 2.24) is 5.32 Å². The highest BCUT2D eigenvalue weighted by molar-refractivity contribution is 5.91. The molecule has 0 saturated carbocycles. The first-order valence-electron chi connectivity index (χ1n) is 7.62. The largest absolute Gasteiger partial charge is 0.508 e. The van der Waals surface area contributed by atoms with Crippen LogP contribution in [0, 0.1) is 0 Å². The summed E-state index contributed by atoms with van der Waals surface area (Å²) >= 11 is 0. The summed E-state index contributed by atoms with van der Waals surface area (Å²) in [4.78, 5) is 13.5. The van der Waals surface area contributed by atoms with Gasteiger partial charge in [0.15, 0.2) is 6.73 Å². The lowest BCUT2D eigenvalue weighted by atomic mass is 10.1. The maximum absolute atomic E-state index is 12.0. The molecule has 0 unspecified atom stereocenters. The number of nitrogens with zero attached hydrogens (tertiary/aromatic N) is 1. The normalized spacial score (nSPS) is 10.2. The molecular weight excluding hydrogens is 292 g/mol.